The topological polar surface area (TPSA) is 18.5 Å². The molecule has 0 aromatic carbocycles. The average Bonchev–Trinajstić information content (AvgIpc) is 2.09. The molecule has 0 spiro atoms. The van der Waals surface area contributed by atoms with Gasteiger partial charge in [0.15, 0.2) is 0 Å². The Labute approximate surface area is 99.8 Å². The Kier molecular flexibility index (Phi) is 3.29. The van der Waals surface area contributed by atoms with E-state index in [1.54, 1.807) is 9.47 Å². The molecule has 0 aliphatic heterocycles. The lowest BCUT2D eigenvalue weighted by atomic mass is 9.76. The molecule has 0 radical (unpaired) electrons. The molecule has 20 heavy (non-hydrogen) atoms. The van der Waals surface area contributed by atoms with Gasteiger partial charge < -0.3 is 0 Å². The molecular weight excluding hydrogens is 332 g/mol. The van der Waals surface area contributed by atoms with Crippen molar-refractivity contribution in [2.45, 2.75) is 36.3 Å². The highest BCUT2D eigenvalue weighted by Crippen LogP contribution is 2.70. The highest BCUT2D eigenvalue weighted by Gasteiger charge is 3.03. The summed E-state index contributed by atoms with van der Waals surface area (Å²) in [6.07, 6.45) is -13.0. The van der Waals surface area contributed by atoms with Crippen LogP contribution < -0.4 is 0 Å². The minimum Gasteiger partial charge on any atom is -0.242 e. The van der Waals surface area contributed by atoms with Gasteiger partial charge in [0, 0.05) is 0 Å². The van der Waals surface area contributed by atoms with Gasteiger partial charge in [-0.3, -0.25) is 0 Å². The van der Waals surface area contributed by atoms with Gasteiger partial charge in [0.05, 0.1) is 0 Å². The van der Waals surface area contributed by atoms with E-state index >= 15 is 0 Å². The molecule has 120 valence electrons. The van der Waals surface area contributed by atoms with E-state index in [1.165, 1.54) is 0 Å². The maximum atomic E-state index is 13.1. The normalized spacial score (nSPS) is 36.6. The van der Waals surface area contributed by atoms with Gasteiger partial charge in [0.2, 0.25) is 0 Å². The third kappa shape index (κ3) is 1.99. The number of ether oxygens (including phenoxy) is 2. The summed E-state index contributed by atoms with van der Waals surface area (Å²) in [5.74, 6) is -26.0. The van der Waals surface area contributed by atoms with Crippen LogP contribution in [0.3, 0.4) is 0 Å². The van der Waals surface area contributed by atoms with E-state index < -0.39 is 36.3 Å². The number of rotatable bonds is 2. The summed E-state index contributed by atoms with van der Waals surface area (Å²) < 4.78 is 149. The van der Waals surface area contributed by atoms with Gasteiger partial charge in [0.1, 0.15) is 0 Å². The van der Waals surface area contributed by atoms with Crippen molar-refractivity contribution in [2.24, 2.45) is 0 Å². The van der Waals surface area contributed by atoms with Crippen molar-refractivity contribution in [1.82, 2.24) is 0 Å². The zero-order valence-electron chi connectivity index (χ0n) is 8.35. The molecular formula is C6F12O2. The summed E-state index contributed by atoms with van der Waals surface area (Å²) in [7, 11) is 0. The van der Waals surface area contributed by atoms with Crippen LogP contribution in [0.15, 0.2) is 0 Å². The molecule has 0 aromatic heterocycles. The van der Waals surface area contributed by atoms with Gasteiger partial charge >= 0.3 is 36.3 Å². The van der Waals surface area contributed by atoms with Crippen LogP contribution in [0, 0.1) is 0 Å². The summed E-state index contributed by atoms with van der Waals surface area (Å²) in [6.45, 7) is 0. The average molecular weight is 332 g/mol. The van der Waals surface area contributed by atoms with E-state index in [9.17, 15) is 52.7 Å². The summed E-state index contributed by atoms with van der Waals surface area (Å²) >= 11 is 0. The van der Waals surface area contributed by atoms with Gasteiger partial charge in [-0.1, -0.05) is 0 Å². The van der Waals surface area contributed by atoms with Crippen LogP contribution in [-0.4, -0.2) is 36.3 Å². The predicted molar refractivity (Wildman–Crippen MR) is 31.9 cm³/mol. The van der Waals surface area contributed by atoms with E-state index in [1.807, 2.05) is 0 Å². The highest BCUT2D eigenvalue weighted by atomic mass is 19.4. The van der Waals surface area contributed by atoms with Crippen LogP contribution >= 0.6 is 0 Å². The number of hydrogen-bond acceptors (Lipinski definition) is 2. The Bertz CT molecular complexity index is 360. The van der Waals surface area contributed by atoms with Crippen molar-refractivity contribution in [1.29, 1.82) is 0 Å². The quantitative estimate of drug-likeness (QED) is 0.719. The second kappa shape index (κ2) is 3.84. The lowest BCUT2D eigenvalue weighted by Crippen LogP contribution is -2.88. The van der Waals surface area contributed by atoms with Crippen LogP contribution in [0.2, 0.25) is 0 Å². The summed E-state index contributed by atoms with van der Waals surface area (Å²) in [6, 6.07) is 0. The van der Waals surface area contributed by atoms with Gasteiger partial charge in [-0.05, 0) is 0 Å². The SMILES string of the molecule is FC(F)(F)OC1(F)C(F)(F)C(F)(F)C1(F)OC(F)(F)F. The van der Waals surface area contributed by atoms with Crippen molar-refractivity contribution < 1.29 is 62.2 Å². The van der Waals surface area contributed by atoms with Gasteiger partial charge in [-0.25, -0.2) is 9.47 Å². The molecule has 1 fully saturated rings. The lowest BCUT2D eigenvalue weighted by Gasteiger charge is -2.55. The second-order valence-corrected chi connectivity index (χ2v) is 3.43. The molecule has 0 amide bonds. The highest BCUT2D eigenvalue weighted by molar-refractivity contribution is 5.24. The van der Waals surface area contributed by atoms with E-state index in [-0.39, 0.29) is 0 Å². The van der Waals surface area contributed by atoms with Crippen molar-refractivity contribution in [3.8, 4) is 0 Å². The maximum Gasteiger partial charge on any atom is 0.525 e. The first-order valence-electron chi connectivity index (χ1n) is 4.08. The maximum absolute atomic E-state index is 13.1. The summed E-state index contributed by atoms with van der Waals surface area (Å²) in [5.41, 5.74) is 0. The molecule has 0 aromatic rings. The molecule has 0 heterocycles. The van der Waals surface area contributed by atoms with Gasteiger partial charge in [-0.2, -0.15) is 26.3 Å². The molecule has 0 saturated heterocycles. The molecule has 0 N–H and O–H groups in total. The largest absolute Gasteiger partial charge is 0.525 e. The van der Waals surface area contributed by atoms with E-state index in [0.717, 1.165) is 0 Å². The number of hydrogen-bond donors (Lipinski definition) is 0. The fourth-order valence-electron chi connectivity index (χ4n) is 1.32. The molecule has 1 rings (SSSR count). The van der Waals surface area contributed by atoms with Gasteiger partial charge in [-0.15, -0.1) is 26.3 Å². The Morgan fingerprint density at radius 3 is 0.850 bits per heavy atom. The number of halogens is 12. The third-order valence-electron chi connectivity index (χ3n) is 2.13. The molecule has 2 unspecified atom stereocenters. The Morgan fingerprint density at radius 1 is 0.500 bits per heavy atom. The molecule has 14 heteroatoms. The summed E-state index contributed by atoms with van der Waals surface area (Å²) in [5, 5.41) is 0. The van der Waals surface area contributed by atoms with Crippen LogP contribution in [0.25, 0.3) is 0 Å². The molecule has 1 aliphatic carbocycles. The van der Waals surface area contributed by atoms with Crippen molar-refractivity contribution >= 4 is 0 Å². The molecule has 0 bridgehead atoms. The monoisotopic (exact) mass is 332 g/mol. The van der Waals surface area contributed by atoms with Gasteiger partial charge in [0.25, 0.3) is 0 Å². The molecule has 1 aliphatic rings. The van der Waals surface area contributed by atoms with Crippen molar-refractivity contribution in [2.75, 3.05) is 0 Å². The van der Waals surface area contributed by atoms with E-state index in [2.05, 4.69) is 0 Å². The van der Waals surface area contributed by atoms with Crippen LogP contribution in [0.1, 0.15) is 0 Å². The Hall–Kier alpha value is -0.920. The fraction of sp³-hybridized carbons (Fsp3) is 1.00. The van der Waals surface area contributed by atoms with Crippen molar-refractivity contribution in [3.63, 3.8) is 0 Å². The lowest BCUT2D eigenvalue weighted by molar-refractivity contribution is -0.615. The Balaban J connectivity index is 3.32. The summed E-state index contributed by atoms with van der Waals surface area (Å²) in [4.78, 5) is 0. The molecule has 2 atom stereocenters. The first-order valence-corrected chi connectivity index (χ1v) is 4.08. The standard InChI is InChI=1S/C6F12O2/c7-1(8)2(9,10)4(12,20-6(16,17)18)3(1,11)19-5(13,14)15. The first kappa shape index (κ1) is 17.1. The second-order valence-electron chi connectivity index (χ2n) is 3.43. The minimum absolute atomic E-state index is 1.78. The molecule has 2 nitrogen and oxygen atoms in total. The first-order chi connectivity index (χ1) is 8.41. The van der Waals surface area contributed by atoms with Crippen molar-refractivity contribution in [3.05, 3.63) is 0 Å². The minimum atomic E-state index is -6.56. The number of alkyl halides is 12. The van der Waals surface area contributed by atoms with Crippen LogP contribution in [-0.2, 0) is 9.47 Å². The third-order valence-corrected chi connectivity index (χ3v) is 2.13. The Morgan fingerprint density at radius 2 is 0.700 bits per heavy atom. The predicted octanol–water partition coefficient (Wildman–Crippen LogP) is 3.67. The smallest absolute Gasteiger partial charge is 0.242 e. The van der Waals surface area contributed by atoms with Crippen LogP contribution in [0.4, 0.5) is 52.7 Å². The van der Waals surface area contributed by atoms with Crippen LogP contribution in [0.5, 0.6) is 0 Å². The van der Waals surface area contributed by atoms with E-state index in [0.29, 0.717) is 0 Å². The van der Waals surface area contributed by atoms with E-state index in [4.69, 9.17) is 0 Å². The zero-order valence-corrected chi connectivity index (χ0v) is 8.35. The molecule has 1 saturated carbocycles. The zero-order chi connectivity index (χ0) is 16.4. The fourth-order valence-corrected chi connectivity index (χ4v) is 1.32.